The molecule has 2 aromatic rings. The van der Waals surface area contributed by atoms with E-state index in [1.54, 1.807) is 17.0 Å². The van der Waals surface area contributed by atoms with E-state index in [1.807, 2.05) is 19.0 Å². The van der Waals surface area contributed by atoms with E-state index in [0.717, 1.165) is 11.4 Å². The molecule has 156 valence electrons. The molecular weight excluding hydrogens is 404 g/mol. The molecule has 10 heteroatoms. The number of alkyl halides is 2. The van der Waals surface area contributed by atoms with E-state index in [4.69, 9.17) is 11.6 Å². The monoisotopic (exact) mass is 425 g/mol. The number of hydrogen-bond donors (Lipinski definition) is 0. The Bertz CT molecular complexity index is 860. The summed E-state index contributed by atoms with van der Waals surface area (Å²) in [5.41, 5.74) is 0.963. The summed E-state index contributed by atoms with van der Waals surface area (Å²) < 4.78 is 29.7. The number of para-hydroxylation sites is 1. The Kier molecular flexibility index (Phi) is 6.81. The smallest absolute Gasteiger partial charge is 0.387 e. The first-order chi connectivity index (χ1) is 13.9. The molecule has 1 aliphatic heterocycles. The molecule has 0 spiro atoms. The molecule has 0 bridgehead atoms. The van der Waals surface area contributed by atoms with E-state index < -0.39 is 6.61 Å². The number of benzene rings is 1. The van der Waals surface area contributed by atoms with Gasteiger partial charge in [0.05, 0.1) is 5.56 Å². The zero-order valence-electron chi connectivity index (χ0n) is 16.2. The summed E-state index contributed by atoms with van der Waals surface area (Å²) in [6.07, 6.45) is 1.43. The van der Waals surface area contributed by atoms with Crippen LogP contribution in [0.2, 0.25) is 5.15 Å². The lowest BCUT2D eigenvalue weighted by molar-refractivity contribution is -0.0503. The van der Waals surface area contributed by atoms with Gasteiger partial charge in [-0.15, -0.1) is 0 Å². The molecule has 0 N–H and O–H groups in total. The minimum absolute atomic E-state index is 0.112. The second-order valence-corrected chi connectivity index (χ2v) is 7.16. The lowest BCUT2D eigenvalue weighted by atomic mass is 10.1. The van der Waals surface area contributed by atoms with Crippen LogP contribution in [0.25, 0.3) is 0 Å². The predicted octanol–water partition coefficient (Wildman–Crippen LogP) is 2.76. The summed E-state index contributed by atoms with van der Waals surface area (Å²) in [5, 5.41) is 0.403. The third-order valence-electron chi connectivity index (χ3n) is 4.67. The van der Waals surface area contributed by atoms with Crippen molar-refractivity contribution in [3.05, 3.63) is 46.9 Å². The van der Waals surface area contributed by atoms with Crippen molar-refractivity contribution < 1.29 is 18.3 Å². The number of hydrogen-bond acceptors (Lipinski definition) is 6. The largest absolute Gasteiger partial charge is 0.434 e. The molecule has 1 amide bonds. The summed E-state index contributed by atoms with van der Waals surface area (Å²) in [5.74, 6) is 0.316. The molecule has 1 aliphatic rings. The van der Waals surface area contributed by atoms with Gasteiger partial charge in [-0.3, -0.25) is 9.69 Å². The number of piperazine rings is 1. The average Bonchev–Trinajstić information content (AvgIpc) is 2.69. The van der Waals surface area contributed by atoms with Gasteiger partial charge >= 0.3 is 6.61 Å². The quantitative estimate of drug-likeness (QED) is 0.663. The van der Waals surface area contributed by atoms with E-state index in [9.17, 15) is 13.6 Å². The van der Waals surface area contributed by atoms with E-state index in [2.05, 4.69) is 19.6 Å². The molecule has 3 rings (SSSR count). The molecule has 0 aliphatic carbocycles. The van der Waals surface area contributed by atoms with Crippen LogP contribution >= 0.6 is 11.6 Å². The number of rotatable bonds is 6. The molecule has 29 heavy (non-hydrogen) atoms. The van der Waals surface area contributed by atoms with E-state index in [-0.39, 0.29) is 17.2 Å². The average molecular weight is 426 g/mol. The fourth-order valence-corrected chi connectivity index (χ4v) is 3.44. The van der Waals surface area contributed by atoms with Crippen molar-refractivity contribution in [2.75, 3.05) is 45.2 Å². The van der Waals surface area contributed by atoms with Crippen LogP contribution in [0.5, 0.6) is 5.75 Å². The third kappa shape index (κ3) is 5.10. The van der Waals surface area contributed by atoms with Gasteiger partial charge in [-0.2, -0.15) is 8.78 Å². The number of carbonyl (C=O) groups is 1. The Balaban J connectivity index is 1.65. The van der Waals surface area contributed by atoms with Gasteiger partial charge in [-0.05, 0) is 12.1 Å². The first-order valence-electron chi connectivity index (χ1n) is 9.09. The zero-order valence-corrected chi connectivity index (χ0v) is 16.9. The van der Waals surface area contributed by atoms with Crippen molar-refractivity contribution in [1.29, 1.82) is 0 Å². The summed E-state index contributed by atoms with van der Waals surface area (Å²) >= 11 is 6.27. The Morgan fingerprint density at radius 1 is 1.21 bits per heavy atom. The molecule has 7 nitrogen and oxygen atoms in total. The Morgan fingerprint density at radius 3 is 2.55 bits per heavy atom. The van der Waals surface area contributed by atoms with Crippen molar-refractivity contribution in [1.82, 2.24) is 19.8 Å². The fourth-order valence-electron chi connectivity index (χ4n) is 3.25. The standard InChI is InChI=1S/C19H22ClF2N5O2/c1-25(2)17-14(16(20)23-12-24-17)11-26-7-9-27(10-8-26)18(28)13-5-3-4-6-15(13)29-19(21)22/h3-6,12,19H,7-11H2,1-2H3. The maximum atomic E-state index is 12.8. The van der Waals surface area contributed by atoms with Gasteiger partial charge in [-0.25, -0.2) is 9.97 Å². The molecular formula is C19H22ClF2N5O2. The van der Waals surface area contributed by atoms with Crippen LogP contribution in [0.1, 0.15) is 15.9 Å². The molecule has 0 unspecified atom stereocenters. The fraction of sp³-hybridized carbons (Fsp3) is 0.421. The maximum absolute atomic E-state index is 12.8. The first-order valence-corrected chi connectivity index (χ1v) is 9.46. The first kappa shape index (κ1) is 21.2. The molecule has 0 radical (unpaired) electrons. The van der Waals surface area contributed by atoms with Crippen LogP contribution in [0.4, 0.5) is 14.6 Å². The topological polar surface area (TPSA) is 61.8 Å². The van der Waals surface area contributed by atoms with Crippen LogP contribution in [0.15, 0.2) is 30.6 Å². The van der Waals surface area contributed by atoms with E-state index in [0.29, 0.717) is 37.9 Å². The van der Waals surface area contributed by atoms with Gasteiger partial charge in [0.1, 0.15) is 23.0 Å². The van der Waals surface area contributed by atoms with Crippen LogP contribution in [0.3, 0.4) is 0 Å². The van der Waals surface area contributed by atoms with Crippen molar-refractivity contribution in [3.63, 3.8) is 0 Å². The van der Waals surface area contributed by atoms with Crippen molar-refractivity contribution in [2.24, 2.45) is 0 Å². The van der Waals surface area contributed by atoms with Gasteiger partial charge in [0, 0.05) is 52.4 Å². The molecule has 0 atom stereocenters. The molecule has 0 saturated carbocycles. The SMILES string of the molecule is CN(C)c1ncnc(Cl)c1CN1CCN(C(=O)c2ccccc2OC(F)F)CC1. The van der Waals surface area contributed by atoms with Gasteiger partial charge in [0.2, 0.25) is 0 Å². The Morgan fingerprint density at radius 2 is 1.90 bits per heavy atom. The number of ether oxygens (including phenoxy) is 1. The van der Waals surface area contributed by atoms with Crippen LogP contribution in [0, 0.1) is 0 Å². The minimum atomic E-state index is -2.98. The van der Waals surface area contributed by atoms with Crippen molar-refractivity contribution in [2.45, 2.75) is 13.2 Å². The van der Waals surface area contributed by atoms with E-state index in [1.165, 1.54) is 18.5 Å². The lowest BCUT2D eigenvalue weighted by Crippen LogP contribution is -2.48. The van der Waals surface area contributed by atoms with Crippen LogP contribution in [-0.2, 0) is 6.54 Å². The summed E-state index contributed by atoms with van der Waals surface area (Å²) in [6.45, 7) is -0.275. The molecule has 1 fully saturated rings. The highest BCUT2D eigenvalue weighted by molar-refractivity contribution is 6.30. The van der Waals surface area contributed by atoms with Gasteiger partial charge in [0.15, 0.2) is 0 Å². The highest BCUT2D eigenvalue weighted by Crippen LogP contribution is 2.25. The molecule has 1 aromatic heterocycles. The van der Waals surface area contributed by atoms with Crippen LogP contribution < -0.4 is 9.64 Å². The molecule has 1 saturated heterocycles. The summed E-state index contributed by atoms with van der Waals surface area (Å²) in [6, 6.07) is 6.05. The van der Waals surface area contributed by atoms with Crippen LogP contribution in [-0.4, -0.2) is 72.6 Å². The maximum Gasteiger partial charge on any atom is 0.387 e. The number of carbonyl (C=O) groups excluding carboxylic acids is 1. The number of nitrogens with zero attached hydrogens (tertiary/aromatic N) is 5. The normalized spacial score (nSPS) is 14.9. The number of amides is 1. The van der Waals surface area contributed by atoms with Crippen molar-refractivity contribution in [3.8, 4) is 5.75 Å². The number of halogens is 3. The lowest BCUT2D eigenvalue weighted by Gasteiger charge is -2.35. The highest BCUT2D eigenvalue weighted by atomic mass is 35.5. The number of anilines is 1. The van der Waals surface area contributed by atoms with E-state index >= 15 is 0 Å². The molecule has 1 aromatic carbocycles. The Labute approximate surface area is 172 Å². The van der Waals surface area contributed by atoms with Gasteiger partial charge in [0.25, 0.3) is 5.91 Å². The van der Waals surface area contributed by atoms with Gasteiger partial charge in [-0.1, -0.05) is 23.7 Å². The van der Waals surface area contributed by atoms with Crippen molar-refractivity contribution >= 4 is 23.3 Å². The molecule has 2 heterocycles. The van der Waals surface area contributed by atoms with Gasteiger partial charge < -0.3 is 14.5 Å². The summed E-state index contributed by atoms with van der Waals surface area (Å²) in [7, 11) is 3.77. The minimum Gasteiger partial charge on any atom is -0.434 e. The predicted molar refractivity (Wildman–Crippen MR) is 106 cm³/mol. The zero-order chi connectivity index (χ0) is 21.0. The second kappa shape index (κ2) is 9.32. The number of aromatic nitrogens is 2. The highest BCUT2D eigenvalue weighted by Gasteiger charge is 2.26. The third-order valence-corrected chi connectivity index (χ3v) is 4.99. The Hall–Kier alpha value is -2.52. The second-order valence-electron chi connectivity index (χ2n) is 6.80. The summed E-state index contributed by atoms with van der Waals surface area (Å²) in [4.78, 5) is 26.8.